The third kappa shape index (κ3) is 4.02. The van der Waals surface area contributed by atoms with Crippen LogP contribution in [0.1, 0.15) is 27.0 Å². The van der Waals surface area contributed by atoms with Crippen LogP contribution >= 0.6 is 0 Å². The van der Waals surface area contributed by atoms with Gasteiger partial charge in [-0.1, -0.05) is 18.2 Å². The first kappa shape index (κ1) is 22.5. The van der Waals surface area contributed by atoms with Gasteiger partial charge < -0.3 is 15.8 Å². The lowest BCUT2D eigenvalue weighted by Crippen LogP contribution is -2.55. The van der Waals surface area contributed by atoms with Crippen molar-refractivity contribution in [2.75, 3.05) is 18.2 Å². The number of carbonyl (C=O) groups is 1. The Morgan fingerprint density at radius 2 is 1.48 bits per heavy atom. The van der Waals surface area contributed by atoms with Gasteiger partial charge in [-0.05, 0) is 43.2 Å². The average molecular weight is 420 g/mol. The molecule has 0 aliphatic rings. The summed E-state index contributed by atoms with van der Waals surface area (Å²) in [5, 5.41) is 2.50. The Hall–Kier alpha value is -2.75. The predicted molar refractivity (Wildman–Crippen MR) is 95.5 cm³/mol. The van der Waals surface area contributed by atoms with E-state index < -0.39 is 29.4 Å². The minimum absolute atomic E-state index is 0.00665. The predicted octanol–water partition coefficient (Wildman–Crippen LogP) is 5.10. The van der Waals surface area contributed by atoms with Gasteiger partial charge in [0.05, 0.1) is 0 Å². The van der Waals surface area contributed by atoms with Gasteiger partial charge in [0, 0.05) is 29.6 Å². The van der Waals surface area contributed by atoms with Crippen LogP contribution in [0.25, 0.3) is 0 Å². The molecule has 2 aromatic rings. The number of nitrogen functional groups attached to an aromatic ring is 1. The van der Waals surface area contributed by atoms with E-state index >= 15 is 0 Å². The van der Waals surface area contributed by atoms with E-state index in [1.165, 1.54) is 32.0 Å². The second kappa shape index (κ2) is 7.58. The molecule has 0 fully saturated rings. The number of nitrogens with one attached hydrogen (secondary N) is 1. The summed E-state index contributed by atoms with van der Waals surface area (Å²) in [6.45, 7) is 2.58. The lowest BCUT2D eigenvalue weighted by atomic mass is 9.88. The van der Waals surface area contributed by atoms with E-state index in [0.717, 1.165) is 0 Å². The average Bonchev–Trinajstić information content (AvgIpc) is 2.56. The summed E-state index contributed by atoms with van der Waals surface area (Å²) < 4.78 is 84.8. The number of aryl methyl sites for hydroxylation is 2. The first-order chi connectivity index (χ1) is 13.2. The van der Waals surface area contributed by atoms with Gasteiger partial charge in [-0.3, -0.25) is 4.79 Å². The summed E-state index contributed by atoms with van der Waals surface area (Å²) in [6.07, 6.45) is -11.5. The Morgan fingerprint density at radius 3 is 1.90 bits per heavy atom. The van der Waals surface area contributed by atoms with Gasteiger partial charge in [-0.15, -0.1) is 0 Å². The van der Waals surface area contributed by atoms with Crippen molar-refractivity contribution in [1.29, 1.82) is 0 Å². The maximum Gasteiger partial charge on any atom is 0.430 e. The molecule has 10 heteroatoms. The molecular formula is C19H18F6N2O2. The van der Waals surface area contributed by atoms with E-state index in [0.29, 0.717) is 24.9 Å². The molecule has 3 N–H and O–H groups in total. The molecule has 0 spiro atoms. The number of methoxy groups -OCH3 is 1. The fourth-order valence-electron chi connectivity index (χ4n) is 3.07. The molecule has 158 valence electrons. The number of nitrogens with two attached hydrogens (primary N) is 1. The van der Waals surface area contributed by atoms with Crippen LogP contribution in [-0.2, 0) is 10.3 Å². The zero-order chi connectivity index (χ0) is 22.2. The largest absolute Gasteiger partial charge is 0.430 e. The molecule has 0 atom stereocenters. The van der Waals surface area contributed by atoms with Crippen LogP contribution in [0.2, 0.25) is 0 Å². The van der Waals surface area contributed by atoms with Gasteiger partial charge in [-0.25, -0.2) is 0 Å². The summed E-state index contributed by atoms with van der Waals surface area (Å²) in [4.78, 5) is 12.4. The number of hydrogen-bond acceptors (Lipinski definition) is 3. The summed E-state index contributed by atoms with van der Waals surface area (Å²) in [7, 11) is 0.348. The maximum atomic E-state index is 13.5. The maximum absolute atomic E-state index is 13.5. The highest BCUT2D eigenvalue weighted by Gasteiger charge is 2.73. The third-order valence-corrected chi connectivity index (χ3v) is 4.43. The lowest BCUT2D eigenvalue weighted by Gasteiger charge is -2.36. The van der Waals surface area contributed by atoms with Crippen molar-refractivity contribution in [2.45, 2.75) is 31.8 Å². The van der Waals surface area contributed by atoms with Crippen LogP contribution in [0.5, 0.6) is 0 Å². The molecule has 0 radical (unpaired) electrons. The molecule has 0 heterocycles. The van der Waals surface area contributed by atoms with E-state index in [1.807, 2.05) is 0 Å². The minimum atomic E-state index is -5.76. The van der Waals surface area contributed by atoms with Gasteiger partial charge in [-0.2, -0.15) is 26.3 Å². The van der Waals surface area contributed by atoms with Gasteiger partial charge in [0.15, 0.2) is 0 Å². The number of halogens is 6. The Morgan fingerprint density at radius 1 is 0.966 bits per heavy atom. The van der Waals surface area contributed by atoms with Crippen molar-refractivity contribution in [1.82, 2.24) is 0 Å². The molecule has 0 aromatic heterocycles. The van der Waals surface area contributed by atoms with Crippen LogP contribution < -0.4 is 11.1 Å². The Balaban J connectivity index is 2.54. The highest BCUT2D eigenvalue weighted by Crippen LogP contribution is 2.53. The molecule has 29 heavy (non-hydrogen) atoms. The summed E-state index contributed by atoms with van der Waals surface area (Å²) in [6, 6.07) is 7.35. The standard InChI is InChI=1S/C19H18F6N2O2/c1-10-7-13(17(29-3,18(20,21)22)19(23,24)25)8-11(2)15(10)27-16(28)12-5-4-6-14(26)9-12/h4-9H,26H2,1-3H3,(H,27,28). The Bertz CT molecular complexity index is 885. The smallest absolute Gasteiger partial charge is 0.399 e. The summed E-state index contributed by atoms with van der Waals surface area (Å²) >= 11 is 0. The van der Waals surface area contributed by atoms with Crippen molar-refractivity contribution in [2.24, 2.45) is 0 Å². The SMILES string of the molecule is COC(c1cc(C)c(NC(=O)c2cccc(N)c2)c(C)c1)(C(F)(F)F)C(F)(F)F. The van der Waals surface area contributed by atoms with E-state index in [-0.39, 0.29) is 22.4 Å². The Labute approximate surface area is 162 Å². The van der Waals surface area contributed by atoms with Crippen LogP contribution in [0.3, 0.4) is 0 Å². The molecule has 0 saturated heterocycles. The van der Waals surface area contributed by atoms with Crippen molar-refractivity contribution in [3.05, 3.63) is 58.7 Å². The van der Waals surface area contributed by atoms with E-state index in [9.17, 15) is 31.1 Å². The zero-order valence-electron chi connectivity index (χ0n) is 15.6. The molecule has 0 aliphatic heterocycles. The third-order valence-electron chi connectivity index (χ3n) is 4.43. The van der Waals surface area contributed by atoms with Gasteiger partial charge in [0.1, 0.15) is 0 Å². The van der Waals surface area contributed by atoms with Crippen molar-refractivity contribution in [3.8, 4) is 0 Å². The quantitative estimate of drug-likeness (QED) is 0.534. The molecule has 0 aliphatic carbocycles. The van der Waals surface area contributed by atoms with Crippen LogP contribution in [0, 0.1) is 13.8 Å². The second-order valence-corrected chi connectivity index (χ2v) is 6.45. The Kier molecular flexibility index (Phi) is 5.89. The molecule has 0 bridgehead atoms. The van der Waals surface area contributed by atoms with E-state index in [4.69, 9.17) is 5.73 Å². The molecule has 2 rings (SSSR count). The fourth-order valence-corrected chi connectivity index (χ4v) is 3.07. The lowest BCUT2D eigenvalue weighted by molar-refractivity contribution is -0.383. The number of ether oxygens (including phenoxy) is 1. The first-order valence-corrected chi connectivity index (χ1v) is 8.22. The minimum Gasteiger partial charge on any atom is -0.399 e. The highest BCUT2D eigenvalue weighted by molar-refractivity contribution is 6.05. The normalized spacial score (nSPS) is 12.7. The topological polar surface area (TPSA) is 64.3 Å². The number of amides is 1. The van der Waals surface area contributed by atoms with Crippen molar-refractivity contribution in [3.63, 3.8) is 0 Å². The van der Waals surface area contributed by atoms with Crippen LogP contribution in [0.15, 0.2) is 36.4 Å². The number of hydrogen-bond donors (Lipinski definition) is 2. The van der Waals surface area contributed by atoms with Crippen molar-refractivity contribution >= 4 is 17.3 Å². The van der Waals surface area contributed by atoms with Gasteiger partial charge in [0.25, 0.3) is 11.5 Å². The van der Waals surface area contributed by atoms with Crippen LogP contribution in [-0.4, -0.2) is 25.4 Å². The molecule has 2 aromatic carbocycles. The van der Waals surface area contributed by atoms with Crippen LogP contribution in [0.4, 0.5) is 37.7 Å². The van der Waals surface area contributed by atoms with Crippen molar-refractivity contribution < 1.29 is 35.9 Å². The number of benzene rings is 2. The molecule has 1 amide bonds. The molecule has 0 saturated carbocycles. The number of carbonyl (C=O) groups excluding carboxylic acids is 1. The first-order valence-electron chi connectivity index (χ1n) is 8.22. The summed E-state index contributed by atoms with van der Waals surface area (Å²) in [5.41, 5.74) is 0.597. The zero-order valence-corrected chi connectivity index (χ0v) is 15.6. The van der Waals surface area contributed by atoms with E-state index in [1.54, 1.807) is 6.07 Å². The second-order valence-electron chi connectivity index (χ2n) is 6.45. The number of anilines is 2. The van der Waals surface area contributed by atoms with Gasteiger partial charge >= 0.3 is 12.4 Å². The number of rotatable bonds is 4. The highest BCUT2D eigenvalue weighted by atomic mass is 19.4. The fraction of sp³-hybridized carbons (Fsp3) is 0.316. The summed E-state index contributed by atoms with van der Waals surface area (Å²) in [5.74, 6) is -0.610. The molecule has 0 unspecified atom stereocenters. The number of alkyl halides is 6. The molecular weight excluding hydrogens is 402 g/mol. The van der Waals surface area contributed by atoms with E-state index in [2.05, 4.69) is 10.1 Å². The monoisotopic (exact) mass is 420 g/mol. The van der Waals surface area contributed by atoms with Gasteiger partial charge in [0.2, 0.25) is 0 Å². The molecule has 4 nitrogen and oxygen atoms in total.